The van der Waals surface area contributed by atoms with Crippen LogP contribution in [-0.2, 0) is 16.0 Å². The Morgan fingerprint density at radius 3 is 2.31 bits per heavy atom. The van der Waals surface area contributed by atoms with Gasteiger partial charge in [-0.25, -0.2) is 0 Å². The fraction of sp³-hybridized carbons (Fsp3) is 0.267. The van der Waals surface area contributed by atoms with Gasteiger partial charge >= 0.3 is 0 Å². The molecule has 1 N–H and O–H groups in total. The number of carbonyl (C=O) groups excluding carboxylic acids is 2. The Labute approximate surface area is 211 Å². The van der Waals surface area contributed by atoms with Crippen molar-refractivity contribution in [2.45, 2.75) is 40.2 Å². The molecule has 1 aliphatic rings. The van der Waals surface area contributed by atoms with Crippen LogP contribution in [-0.4, -0.2) is 30.5 Å². The lowest BCUT2D eigenvalue weighted by Gasteiger charge is -2.27. The predicted molar refractivity (Wildman–Crippen MR) is 141 cm³/mol. The van der Waals surface area contributed by atoms with E-state index in [2.05, 4.69) is 0 Å². The first-order valence-electron chi connectivity index (χ1n) is 12.1. The van der Waals surface area contributed by atoms with Crippen LogP contribution < -0.4 is 14.4 Å². The van der Waals surface area contributed by atoms with Gasteiger partial charge in [-0.1, -0.05) is 49.4 Å². The molecule has 6 heteroatoms. The molecular weight excluding hydrogens is 454 g/mol. The fourth-order valence-corrected chi connectivity index (χ4v) is 4.56. The summed E-state index contributed by atoms with van der Waals surface area (Å²) in [5.41, 5.74) is 4.68. The van der Waals surface area contributed by atoms with Gasteiger partial charge in [-0.3, -0.25) is 14.5 Å². The number of ether oxygens (including phenoxy) is 2. The zero-order chi connectivity index (χ0) is 26.0. The molecule has 186 valence electrons. The molecule has 0 aliphatic carbocycles. The lowest BCUT2D eigenvalue weighted by atomic mass is 9.94. The number of methoxy groups -OCH3 is 1. The topological polar surface area (TPSA) is 76.1 Å². The van der Waals surface area contributed by atoms with Gasteiger partial charge in [-0.15, -0.1) is 0 Å². The number of aliphatic hydroxyl groups is 1. The molecular formula is C30H31NO5. The summed E-state index contributed by atoms with van der Waals surface area (Å²) in [7, 11) is 1.56. The number of hydrogen-bond acceptors (Lipinski definition) is 5. The Morgan fingerprint density at radius 1 is 0.944 bits per heavy atom. The number of amides is 1. The highest BCUT2D eigenvalue weighted by molar-refractivity contribution is 6.51. The van der Waals surface area contributed by atoms with Crippen LogP contribution in [0.4, 0.5) is 5.69 Å². The zero-order valence-electron chi connectivity index (χ0n) is 21.3. The number of Topliss-reactive ketones (excluding diaryl/α,β-unsaturated/α-hetero) is 1. The lowest BCUT2D eigenvalue weighted by molar-refractivity contribution is -0.132. The quantitative estimate of drug-likeness (QED) is 0.256. The third-order valence-electron chi connectivity index (χ3n) is 6.51. The maximum Gasteiger partial charge on any atom is 0.300 e. The molecule has 1 atom stereocenters. The van der Waals surface area contributed by atoms with E-state index in [-0.39, 0.29) is 11.3 Å². The summed E-state index contributed by atoms with van der Waals surface area (Å²) in [6.45, 7) is 8.16. The van der Waals surface area contributed by atoms with Crippen LogP contribution in [0.15, 0.2) is 66.2 Å². The number of aryl methyl sites for hydroxylation is 3. The van der Waals surface area contributed by atoms with Gasteiger partial charge in [-0.05, 0) is 67.6 Å². The van der Waals surface area contributed by atoms with E-state index >= 15 is 0 Å². The van der Waals surface area contributed by atoms with Crippen molar-refractivity contribution < 1.29 is 24.2 Å². The van der Waals surface area contributed by atoms with E-state index < -0.39 is 17.7 Å². The van der Waals surface area contributed by atoms with Gasteiger partial charge in [0, 0.05) is 11.3 Å². The number of nitrogens with zero attached hydrogens (tertiary/aromatic N) is 1. The second-order valence-electron chi connectivity index (χ2n) is 8.85. The molecule has 3 aromatic carbocycles. The monoisotopic (exact) mass is 485 g/mol. The molecule has 6 nitrogen and oxygen atoms in total. The molecule has 0 bridgehead atoms. The third-order valence-corrected chi connectivity index (χ3v) is 6.51. The van der Waals surface area contributed by atoms with Gasteiger partial charge in [0.1, 0.15) is 5.76 Å². The minimum atomic E-state index is -0.846. The first-order chi connectivity index (χ1) is 17.3. The molecule has 36 heavy (non-hydrogen) atoms. The van der Waals surface area contributed by atoms with E-state index in [4.69, 9.17) is 9.47 Å². The minimum absolute atomic E-state index is 0.0396. The van der Waals surface area contributed by atoms with Crippen LogP contribution >= 0.6 is 0 Å². The van der Waals surface area contributed by atoms with Gasteiger partial charge in [0.05, 0.1) is 25.3 Å². The summed E-state index contributed by atoms with van der Waals surface area (Å²) < 4.78 is 11.2. The van der Waals surface area contributed by atoms with Gasteiger partial charge in [0.25, 0.3) is 11.7 Å². The van der Waals surface area contributed by atoms with Gasteiger partial charge in [0.15, 0.2) is 11.5 Å². The Hall–Kier alpha value is -4.06. The van der Waals surface area contributed by atoms with E-state index in [9.17, 15) is 14.7 Å². The minimum Gasteiger partial charge on any atom is -0.507 e. The van der Waals surface area contributed by atoms with Crippen molar-refractivity contribution in [1.82, 2.24) is 0 Å². The van der Waals surface area contributed by atoms with Gasteiger partial charge < -0.3 is 14.6 Å². The molecule has 0 aromatic heterocycles. The number of aliphatic hydroxyl groups excluding tert-OH is 1. The smallest absolute Gasteiger partial charge is 0.300 e. The third kappa shape index (κ3) is 4.47. The highest BCUT2D eigenvalue weighted by Crippen LogP contribution is 2.45. The van der Waals surface area contributed by atoms with E-state index in [0.717, 1.165) is 23.1 Å². The maximum absolute atomic E-state index is 13.5. The van der Waals surface area contributed by atoms with Crippen molar-refractivity contribution in [3.63, 3.8) is 0 Å². The van der Waals surface area contributed by atoms with Crippen LogP contribution in [0.1, 0.15) is 47.7 Å². The second kappa shape index (κ2) is 10.3. The first kappa shape index (κ1) is 25.0. The molecule has 4 rings (SSSR count). The van der Waals surface area contributed by atoms with Gasteiger partial charge in [-0.2, -0.15) is 0 Å². The predicted octanol–water partition coefficient (Wildman–Crippen LogP) is 5.90. The van der Waals surface area contributed by atoms with Gasteiger partial charge in [0.2, 0.25) is 0 Å². The molecule has 1 unspecified atom stereocenters. The molecule has 3 aromatic rings. The van der Waals surface area contributed by atoms with E-state index in [1.807, 2.05) is 58.0 Å². The Kier molecular flexibility index (Phi) is 7.15. The summed E-state index contributed by atoms with van der Waals surface area (Å²) in [6.07, 6.45) is 0.851. The first-order valence-corrected chi connectivity index (χ1v) is 12.1. The molecule has 1 heterocycles. The SMILES string of the molecule is CCOc1cc(C2/C(=C(/O)c3ccc(CC)cc3)C(=O)C(=O)N2c2cc(C)ccc2C)ccc1OC. The highest BCUT2D eigenvalue weighted by atomic mass is 16.5. The molecule has 0 saturated carbocycles. The summed E-state index contributed by atoms with van der Waals surface area (Å²) in [5.74, 6) is -0.584. The number of carbonyl (C=O) groups is 2. The number of benzene rings is 3. The zero-order valence-corrected chi connectivity index (χ0v) is 21.3. The molecule has 1 amide bonds. The van der Waals surface area contributed by atoms with Crippen molar-refractivity contribution >= 4 is 23.1 Å². The van der Waals surface area contributed by atoms with Crippen LogP contribution in [0.5, 0.6) is 11.5 Å². The van der Waals surface area contributed by atoms with Crippen molar-refractivity contribution in [2.24, 2.45) is 0 Å². The van der Waals surface area contributed by atoms with Crippen molar-refractivity contribution in [2.75, 3.05) is 18.6 Å². The lowest BCUT2D eigenvalue weighted by Crippen LogP contribution is -2.30. The van der Waals surface area contributed by atoms with Crippen molar-refractivity contribution in [3.05, 3.63) is 94.1 Å². The van der Waals surface area contributed by atoms with E-state index in [1.165, 1.54) is 4.90 Å². The summed E-state index contributed by atoms with van der Waals surface area (Å²) in [5, 5.41) is 11.4. The van der Waals surface area contributed by atoms with Crippen molar-refractivity contribution in [1.29, 1.82) is 0 Å². The highest BCUT2D eigenvalue weighted by Gasteiger charge is 2.47. The van der Waals surface area contributed by atoms with Crippen molar-refractivity contribution in [3.8, 4) is 11.5 Å². The molecule has 0 radical (unpaired) electrons. The van der Waals surface area contributed by atoms with E-state index in [1.54, 1.807) is 37.4 Å². The van der Waals surface area contributed by atoms with Crippen LogP contribution in [0.2, 0.25) is 0 Å². The largest absolute Gasteiger partial charge is 0.507 e. The van der Waals surface area contributed by atoms with Crippen LogP contribution in [0.25, 0.3) is 5.76 Å². The Bertz CT molecular complexity index is 1340. The number of hydrogen-bond donors (Lipinski definition) is 1. The fourth-order valence-electron chi connectivity index (χ4n) is 4.56. The summed E-state index contributed by atoms with van der Waals surface area (Å²) >= 11 is 0. The maximum atomic E-state index is 13.5. The van der Waals surface area contributed by atoms with Crippen LogP contribution in [0.3, 0.4) is 0 Å². The molecule has 1 aliphatic heterocycles. The number of rotatable bonds is 7. The number of ketones is 1. The standard InChI is InChI=1S/C30H31NO5/c1-6-20-10-12-21(13-11-20)28(32)26-27(22-14-15-24(35-5)25(17-22)36-7-2)31(30(34)29(26)33)23-16-18(3)8-9-19(23)4/h8-17,27,32H,6-7H2,1-5H3/b28-26-. The average molecular weight is 486 g/mol. The normalized spacial score (nSPS) is 16.9. The molecule has 1 fully saturated rings. The summed E-state index contributed by atoms with van der Waals surface area (Å²) in [6, 6.07) is 17.6. The molecule has 1 saturated heterocycles. The number of anilines is 1. The second-order valence-corrected chi connectivity index (χ2v) is 8.85. The van der Waals surface area contributed by atoms with E-state index in [0.29, 0.717) is 34.9 Å². The summed E-state index contributed by atoms with van der Waals surface area (Å²) in [4.78, 5) is 28.5. The van der Waals surface area contributed by atoms with Crippen LogP contribution in [0, 0.1) is 13.8 Å². The Morgan fingerprint density at radius 2 is 1.67 bits per heavy atom. The Balaban J connectivity index is 1.98. The molecule has 0 spiro atoms. The average Bonchev–Trinajstić information content (AvgIpc) is 3.15.